The zero-order valence-corrected chi connectivity index (χ0v) is 18.2. The summed E-state index contributed by atoms with van der Waals surface area (Å²) in [5.74, 6) is 0.552. The van der Waals surface area contributed by atoms with E-state index in [9.17, 15) is 9.18 Å². The molecule has 3 aromatic rings. The van der Waals surface area contributed by atoms with E-state index in [1.54, 1.807) is 29.2 Å². The Balaban J connectivity index is 1.82. The second-order valence-corrected chi connectivity index (χ2v) is 8.31. The molecule has 160 valence electrons. The first-order chi connectivity index (χ1) is 14.8. The molecule has 2 amide bonds. The number of rotatable bonds is 5. The lowest BCUT2D eigenvalue weighted by molar-refractivity contribution is 0.199. The summed E-state index contributed by atoms with van der Waals surface area (Å²) in [5, 5.41) is 7.68. The first-order valence-corrected chi connectivity index (χ1v) is 10.4. The van der Waals surface area contributed by atoms with E-state index >= 15 is 0 Å². The van der Waals surface area contributed by atoms with Gasteiger partial charge >= 0.3 is 6.03 Å². The van der Waals surface area contributed by atoms with Gasteiger partial charge < -0.3 is 9.84 Å². The molecular weight excluding hydrogens is 419 g/mol. The Kier molecular flexibility index (Phi) is 5.78. The van der Waals surface area contributed by atoms with Gasteiger partial charge in [-0.1, -0.05) is 42.7 Å². The molecule has 1 aliphatic rings. The van der Waals surface area contributed by atoms with Crippen molar-refractivity contribution < 1.29 is 13.7 Å². The normalized spacial score (nSPS) is 16.8. The highest BCUT2D eigenvalue weighted by Crippen LogP contribution is 2.38. The number of allylic oxidation sites excluding steroid dienone is 1. The van der Waals surface area contributed by atoms with Crippen LogP contribution in [0, 0.1) is 11.7 Å². The highest BCUT2D eigenvalue weighted by molar-refractivity contribution is 6.30. The van der Waals surface area contributed by atoms with Gasteiger partial charge in [0.05, 0.1) is 11.6 Å². The Bertz CT molecular complexity index is 1140. The molecule has 1 atom stereocenters. The molecule has 0 radical (unpaired) electrons. The number of hydrogen-bond donors (Lipinski definition) is 1. The number of amides is 2. The van der Waals surface area contributed by atoms with Gasteiger partial charge in [0.1, 0.15) is 5.82 Å². The van der Waals surface area contributed by atoms with Crippen LogP contribution in [0.2, 0.25) is 5.02 Å². The van der Waals surface area contributed by atoms with Gasteiger partial charge in [-0.2, -0.15) is 4.98 Å². The van der Waals surface area contributed by atoms with Crippen LogP contribution in [0.25, 0.3) is 17.0 Å². The summed E-state index contributed by atoms with van der Waals surface area (Å²) < 4.78 is 18.9. The molecular formula is C23H22ClFN4O2. The van der Waals surface area contributed by atoms with Crippen molar-refractivity contribution in [3.63, 3.8) is 0 Å². The van der Waals surface area contributed by atoms with Crippen LogP contribution in [0.1, 0.15) is 38.3 Å². The SMILES string of the molecule is CC1=C(c2nc(-c3ccc(F)cc3)no2)C(c2cccc(Cl)c2)NC(=O)N1CC(C)C. The Labute approximate surface area is 184 Å². The van der Waals surface area contributed by atoms with Crippen molar-refractivity contribution in [1.29, 1.82) is 0 Å². The molecule has 0 saturated carbocycles. The second-order valence-electron chi connectivity index (χ2n) is 7.87. The summed E-state index contributed by atoms with van der Waals surface area (Å²) in [6.45, 7) is 6.50. The largest absolute Gasteiger partial charge is 0.334 e. The number of carbonyl (C=O) groups is 1. The molecule has 0 fully saturated rings. The number of carbonyl (C=O) groups excluding carboxylic acids is 1. The standard InChI is InChI=1S/C23H22ClFN4O2/c1-13(2)12-29-14(3)19(20(26-23(29)30)16-5-4-6-17(24)11-16)22-27-21(28-31-22)15-7-9-18(25)10-8-15/h4-11,13,20H,12H2,1-3H3,(H,26,30). The van der Waals surface area contributed by atoms with Crippen molar-refractivity contribution >= 4 is 23.2 Å². The molecule has 0 bridgehead atoms. The lowest BCUT2D eigenvalue weighted by Gasteiger charge is -2.36. The zero-order chi connectivity index (χ0) is 22.1. The lowest BCUT2D eigenvalue weighted by atomic mass is 9.94. The van der Waals surface area contributed by atoms with Crippen LogP contribution in [0.3, 0.4) is 0 Å². The molecule has 6 nitrogen and oxygen atoms in total. The maximum absolute atomic E-state index is 13.3. The van der Waals surface area contributed by atoms with E-state index in [2.05, 4.69) is 15.5 Å². The quantitative estimate of drug-likeness (QED) is 0.553. The summed E-state index contributed by atoms with van der Waals surface area (Å²) >= 11 is 6.20. The Morgan fingerprint density at radius 3 is 2.65 bits per heavy atom. The highest BCUT2D eigenvalue weighted by Gasteiger charge is 2.36. The molecule has 0 spiro atoms. The fraction of sp³-hybridized carbons (Fsp3) is 0.261. The monoisotopic (exact) mass is 440 g/mol. The van der Waals surface area contributed by atoms with Crippen molar-refractivity contribution in [2.45, 2.75) is 26.8 Å². The number of hydrogen-bond acceptors (Lipinski definition) is 4. The average molecular weight is 441 g/mol. The van der Waals surface area contributed by atoms with Gasteiger partial charge in [-0.05, 0) is 54.8 Å². The van der Waals surface area contributed by atoms with Crippen molar-refractivity contribution in [3.8, 4) is 11.4 Å². The minimum Gasteiger partial charge on any atom is -0.334 e. The van der Waals surface area contributed by atoms with E-state index in [1.165, 1.54) is 12.1 Å². The van der Waals surface area contributed by atoms with E-state index in [0.29, 0.717) is 28.5 Å². The van der Waals surface area contributed by atoms with Crippen LogP contribution >= 0.6 is 11.6 Å². The van der Waals surface area contributed by atoms with E-state index in [0.717, 1.165) is 11.3 Å². The van der Waals surface area contributed by atoms with Gasteiger partial charge in [0, 0.05) is 22.8 Å². The minimum absolute atomic E-state index is 0.196. The van der Waals surface area contributed by atoms with Crippen LogP contribution < -0.4 is 5.32 Å². The van der Waals surface area contributed by atoms with Crippen molar-refractivity contribution in [3.05, 3.63) is 76.5 Å². The maximum atomic E-state index is 13.3. The number of nitrogens with zero attached hydrogens (tertiary/aromatic N) is 3. The number of halogens is 2. The van der Waals surface area contributed by atoms with Gasteiger partial charge in [-0.15, -0.1) is 0 Å². The molecule has 31 heavy (non-hydrogen) atoms. The van der Waals surface area contributed by atoms with E-state index in [1.807, 2.05) is 32.9 Å². The van der Waals surface area contributed by atoms with Crippen molar-refractivity contribution in [2.24, 2.45) is 5.92 Å². The first-order valence-electron chi connectivity index (χ1n) is 9.97. The third-order valence-corrected chi connectivity index (χ3v) is 5.32. The van der Waals surface area contributed by atoms with Crippen LogP contribution in [0.4, 0.5) is 9.18 Å². The molecule has 2 aromatic carbocycles. The van der Waals surface area contributed by atoms with Gasteiger partial charge in [-0.3, -0.25) is 4.90 Å². The average Bonchev–Trinajstić information content (AvgIpc) is 3.20. The van der Waals surface area contributed by atoms with E-state index in [4.69, 9.17) is 16.1 Å². The smallest absolute Gasteiger partial charge is 0.322 e. The summed E-state index contributed by atoms with van der Waals surface area (Å²) in [6, 6.07) is 12.5. The predicted octanol–water partition coefficient (Wildman–Crippen LogP) is 5.68. The molecule has 1 aliphatic heterocycles. The van der Waals surface area contributed by atoms with Crippen molar-refractivity contribution in [2.75, 3.05) is 6.54 Å². The fourth-order valence-electron chi connectivity index (χ4n) is 3.63. The van der Waals surface area contributed by atoms with E-state index in [-0.39, 0.29) is 23.7 Å². The molecule has 8 heteroatoms. The highest BCUT2D eigenvalue weighted by atomic mass is 35.5. The van der Waals surface area contributed by atoms with Crippen LogP contribution in [-0.2, 0) is 0 Å². The molecule has 2 heterocycles. The van der Waals surface area contributed by atoms with Gasteiger partial charge in [0.15, 0.2) is 0 Å². The fourth-order valence-corrected chi connectivity index (χ4v) is 3.83. The maximum Gasteiger partial charge on any atom is 0.322 e. The van der Waals surface area contributed by atoms with Crippen LogP contribution in [-0.4, -0.2) is 27.6 Å². The number of nitrogens with one attached hydrogen (secondary N) is 1. The zero-order valence-electron chi connectivity index (χ0n) is 17.4. The molecule has 0 aliphatic carbocycles. The first kappa shape index (κ1) is 21.1. The predicted molar refractivity (Wildman–Crippen MR) is 117 cm³/mol. The Morgan fingerprint density at radius 2 is 1.97 bits per heavy atom. The summed E-state index contributed by atoms with van der Waals surface area (Å²) in [6.07, 6.45) is 0. The molecule has 0 saturated heterocycles. The number of benzene rings is 2. The summed E-state index contributed by atoms with van der Waals surface area (Å²) in [7, 11) is 0. The third kappa shape index (κ3) is 4.32. The van der Waals surface area contributed by atoms with Gasteiger partial charge in [0.2, 0.25) is 5.82 Å². The van der Waals surface area contributed by atoms with Crippen LogP contribution in [0.5, 0.6) is 0 Å². The number of urea groups is 1. The summed E-state index contributed by atoms with van der Waals surface area (Å²) in [4.78, 5) is 19.1. The van der Waals surface area contributed by atoms with Crippen LogP contribution in [0.15, 0.2) is 58.8 Å². The number of aromatic nitrogens is 2. The molecule has 1 aromatic heterocycles. The van der Waals surface area contributed by atoms with E-state index < -0.39 is 6.04 Å². The van der Waals surface area contributed by atoms with Crippen molar-refractivity contribution in [1.82, 2.24) is 20.4 Å². The second kappa shape index (κ2) is 8.51. The molecule has 1 N–H and O–H groups in total. The minimum atomic E-state index is -0.504. The topological polar surface area (TPSA) is 71.3 Å². The van der Waals surface area contributed by atoms with Gasteiger partial charge in [0.25, 0.3) is 5.89 Å². The molecule has 4 rings (SSSR count). The summed E-state index contributed by atoms with van der Waals surface area (Å²) in [5.41, 5.74) is 2.87. The molecule has 1 unspecified atom stereocenters. The third-order valence-electron chi connectivity index (χ3n) is 5.08. The Hall–Kier alpha value is -3.19. The Morgan fingerprint density at radius 1 is 1.23 bits per heavy atom. The lowest BCUT2D eigenvalue weighted by Crippen LogP contribution is -2.47. The van der Waals surface area contributed by atoms with Gasteiger partial charge in [-0.25, -0.2) is 9.18 Å².